The van der Waals surface area contributed by atoms with Crippen molar-refractivity contribution < 1.29 is 66.7 Å². The summed E-state index contributed by atoms with van der Waals surface area (Å²) >= 11 is 0. The van der Waals surface area contributed by atoms with Crippen molar-refractivity contribution in [1.82, 2.24) is 40.0 Å². The molecule has 8 atom stereocenters. The van der Waals surface area contributed by atoms with Crippen molar-refractivity contribution in [2.45, 2.75) is 265 Å². The fourth-order valence-corrected chi connectivity index (χ4v) is 14.3. The van der Waals surface area contributed by atoms with Crippen molar-refractivity contribution >= 4 is 70.1 Å². The number of hydrogen-bond donors (Lipinski definition) is 5. The maximum atomic E-state index is 12.9. The molecule has 5 aliphatic rings. The van der Waals surface area contributed by atoms with E-state index in [4.69, 9.17) is 4.74 Å². The number of piperidine rings is 4. The van der Waals surface area contributed by atoms with Gasteiger partial charge in [0, 0.05) is 63.7 Å². The Hall–Kier alpha value is -10.2. The molecular weight excluding hydrogens is 1570 g/mol. The van der Waals surface area contributed by atoms with Gasteiger partial charge in [-0.1, -0.05) is 227 Å². The number of unbranched alkanes of at least 4 members (excludes halogenated alkanes) is 1. The summed E-state index contributed by atoms with van der Waals surface area (Å²) in [6.45, 7) is 37.0. The molecule has 0 bridgehead atoms. The SMILES string of the molecule is C.C.C.C.C.C.C.C.C.C1CCOC1.CCOC(=O)C(=O)Nc1cncc(C)c1.Cc1cccc(C2CCC(C)CN2)c1.Cc1cncc(NC(=O)C(=O)N2C[C@@H](C)CC[C@@H]2c2cccc(C)c2)c1.Cc1cncc(NC(=O)C(=O)N2C[C@H](C)CC[C@H]2c2cccc(C)c2)c1.Cc1cncc(NC(=O)C(=O)N2C[C@H](C)CC[C@H]2c2cccc(C)c2)c1.[CH2-]CCC.[Li+]. The number of nitrogens with zero attached hydrogens (tertiary/aromatic N) is 7. The summed E-state index contributed by atoms with van der Waals surface area (Å²) in [5.41, 5.74) is 15.4. The molecule has 126 heavy (non-hydrogen) atoms. The average molecular weight is 1730 g/mol. The van der Waals surface area contributed by atoms with Gasteiger partial charge >= 0.3 is 66.2 Å². The van der Waals surface area contributed by atoms with Crippen LogP contribution >= 0.6 is 0 Å². The molecule has 2 unspecified atom stereocenters. The van der Waals surface area contributed by atoms with Crippen molar-refractivity contribution in [1.29, 1.82) is 0 Å². The van der Waals surface area contributed by atoms with Gasteiger partial charge in [-0.2, -0.15) is 6.42 Å². The first-order valence-corrected chi connectivity index (χ1v) is 41.0. The molecule has 0 aliphatic carbocycles. The molecule has 13 rings (SSSR count). The Bertz CT molecular complexity index is 4180. The maximum Gasteiger partial charge on any atom is 1.00 e. The van der Waals surface area contributed by atoms with Crippen LogP contribution in [-0.2, 0) is 47.8 Å². The third-order valence-corrected chi connectivity index (χ3v) is 20.4. The van der Waals surface area contributed by atoms with Gasteiger partial charge in [0.2, 0.25) is 0 Å². The molecule has 4 aromatic heterocycles. The van der Waals surface area contributed by atoms with Gasteiger partial charge in [-0.05, 0) is 226 Å². The molecule has 692 valence electrons. The van der Waals surface area contributed by atoms with E-state index in [0.717, 1.165) is 120 Å². The molecule has 23 heteroatoms. The first kappa shape index (κ1) is 122. The largest absolute Gasteiger partial charge is 1.00 e. The summed E-state index contributed by atoms with van der Waals surface area (Å²) in [7, 11) is 0. The molecule has 7 amide bonds. The summed E-state index contributed by atoms with van der Waals surface area (Å²) in [5.74, 6) is -2.95. The predicted molar refractivity (Wildman–Crippen MR) is 520 cm³/mol. The third kappa shape index (κ3) is 41.0. The molecule has 0 radical (unpaired) electrons. The van der Waals surface area contributed by atoms with Crippen LogP contribution in [0.3, 0.4) is 0 Å². The normalized spacial score (nSPS) is 17.7. The van der Waals surface area contributed by atoms with E-state index >= 15 is 0 Å². The Balaban J connectivity index is -0.000000717. The zero-order valence-electron chi connectivity index (χ0n) is 71.6. The molecule has 22 nitrogen and oxygen atoms in total. The number of carbonyl (C=O) groups is 8. The number of aryl methyl sites for hydroxylation is 8. The number of benzene rings is 4. The van der Waals surface area contributed by atoms with Crippen LogP contribution in [0.15, 0.2) is 171 Å². The molecule has 0 spiro atoms. The van der Waals surface area contributed by atoms with Crippen LogP contribution in [0, 0.1) is 86.0 Å². The third-order valence-electron chi connectivity index (χ3n) is 20.4. The molecular formula is C103H159LiN12O10. The van der Waals surface area contributed by atoms with E-state index in [-0.39, 0.29) is 110 Å². The molecule has 0 saturated carbocycles. The standard InChI is InChI=1S/3C21H25N3O2.C13H19N.C10H12N2O3.C4H8O.C4H9.9CH4.Li/c3*1-14-5-4-6-17(9-14)19-8-7-15(2)13-24(19)21(26)20(25)23-18-10-16(3)11-22-12-18;1-10-4-3-5-12(8-10)13-7-6-11(2)9-14-13;1-3-15-10(14)9(13)12-8-4-7(2)5-11-6-8;1-2-4-5-3-1;1-3-4-2;;;;;;;;;;/h3*4-6,9-12,15,19H,7-8,13H2,1-3H3,(H,23,25);3-5,8,11,13-14H,6-7,9H2,1-2H3;4-6H,3H2,1-2H3,(H,12,13);1-4H2;1,3-4H2,2H3;9*1H4;/q;;;;;;-1;;;;;;;;;;+1/t3*15-,19+;;;;;;;;;;;;;;/m110............../s1. The van der Waals surface area contributed by atoms with Gasteiger partial charge in [0.25, 0.3) is 0 Å². The Morgan fingerprint density at radius 1 is 0.389 bits per heavy atom. The van der Waals surface area contributed by atoms with Crippen molar-refractivity contribution in [3.63, 3.8) is 0 Å². The minimum atomic E-state index is -0.890. The molecule has 9 heterocycles. The zero-order valence-corrected chi connectivity index (χ0v) is 71.6. The van der Waals surface area contributed by atoms with E-state index in [1.54, 1.807) is 89.3 Å². The number of aromatic nitrogens is 4. The van der Waals surface area contributed by atoms with Crippen molar-refractivity contribution in [2.24, 2.45) is 23.7 Å². The monoisotopic (exact) mass is 1730 g/mol. The fourth-order valence-electron chi connectivity index (χ4n) is 14.3. The van der Waals surface area contributed by atoms with E-state index in [1.807, 2.05) is 103 Å². The number of nitrogens with one attached hydrogen (secondary N) is 5. The molecule has 5 saturated heterocycles. The van der Waals surface area contributed by atoms with Crippen LogP contribution in [0.1, 0.15) is 276 Å². The summed E-state index contributed by atoms with van der Waals surface area (Å²) in [6, 6.07) is 40.9. The zero-order chi connectivity index (χ0) is 84.2. The van der Waals surface area contributed by atoms with E-state index in [1.165, 1.54) is 56.0 Å². The quantitative estimate of drug-likeness (QED) is 0.0368. The second kappa shape index (κ2) is 63.6. The number of likely N-dealkylation sites (tertiary alicyclic amines) is 3. The number of hydrogen-bond acceptors (Lipinski definition) is 15. The van der Waals surface area contributed by atoms with Gasteiger partial charge in [0.1, 0.15) is 0 Å². The van der Waals surface area contributed by atoms with Gasteiger partial charge in [0.05, 0.1) is 72.3 Å². The van der Waals surface area contributed by atoms with Gasteiger partial charge in [-0.25, -0.2) is 4.79 Å². The van der Waals surface area contributed by atoms with Gasteiger partial charge in [0.15, 0.2) is 0 Å². The van der Waals surface area contributed by atoms with Gasteiger partial charge in [-0.15, -0.1) is 0 Å². The molecule has 4 aromatic carbocycles. The number of ether oxygens (including phenoxy) is 2. The van der Waals surface area contributed by atoms with Crippen LogP contribution in [0.5, 0.6) is 0 Å². The number of rotatable bonds is 10. The minimum absolute atomic E-state index is 0. The van der Waals surface area contributed by atoms with Crippen LogP contribution in [0.25, 0.3) is 0 Å². The predicted octanol–water partition coefficient (Wildman–Crippen LogP) is 20.0. The topological polar surface area (TPSA) is 276 Å². The van der Waals surface area contributed by atoms with Crippen molar-refractivity contribution in [3.05, 3.63) is 245 Å². The Morgan fingerprint density at radius 3 is 0.913 bits per heavy atom. The van der Waals surface area contributed by atoms with Crippen LogP contribution in [-0.4, -0.2) is 128 Å². The van der Waals surface area contributed by atoms with E-state index in [0.29, 0.717) is 66.2 Å². The Morgan fingerprint density at radius 2 is 0.667 bits per heavy atom. The second-order valence-electron chi connectivity index (χ2n) is 31.5. The van der Waals surface area contributed by atoms with Crippen LogP contribution < -0.4 is 45.4 Å². The maximum absolute atomic E-state index is 12.9. The fraction of sp³-hybridized carbons (Fsp3) is 0.485. The van der Waals surface area contributed by atoms with Gasteiger partial charge < -0.3 is 57.7 Å². The first-order valence-electron chi connectivity index (χ1n) is 41.0. The minimum Gasteiger partial charge on any atom is -0.459 e. The summed E-state index contributed by atoms with van der Waals surface area (Å²) in [6.07, 6.45) is 26.1. The number of pyridine rings is 4. The van der Waals surface area contributed by atoms with Crippen molar-refractivity contribution in [2.75, 3.05) is 67.3 Å². The average Bonchev–Trinajstić information content (AvgIpc) is 0.881. The molecule has 5 aliphatic heterocycles. The number of amides is 7. The number of esters is 1. The van der Waals surface area contributed by atoms with E-state index < -0.39 is 47.3 Å². The Labute approximate surface area is 772 Å². The van der Waals surface area contributed by atoms with Crippen LogP contribution in [0.4, 0.5) is 22.7 Å². The van der Waals surface area contributed by atoms with E-state index in [9.17, 15) is 38.4 Å². The van der Waals surface area contributed by atoms with Gasteiger partial charge in [-0.3, -0.25) is 53.5 Å². The van der Waals surface area contributed by atoms with E-state index in [2.05, 4.69) is 142 Å². The van der Waals surface area contributed by atoms with Crippen LogP contribution in [0.2, 0.25) is 0 Å². The number of carbonyl (C=O) groups excluding carboxylic acids is 8. The summed E-state index contributed by atoms with van der Waals surface area (Å²) in [4.78, 5) is 120. The first-order chi connectivity index (χ1) is 55.6. The second-order valence-corrected chi connectivity index (χ2v) is 31.5. The molecule has 8 aromatic rings. The molecule has 5 fully saturated rings. The summed E-state index contributed by atoms with van der Waals surface area (Å²) < 4.78 is 9.48. The smallest absolute Gasteiger partial charge is 0.459 e. The Kier molecular flexibility index (Phi) is 61.6. The molecule has 5 N–H and O–H groups in total. The number of anilines is 4. The summed E-state index contributed by atoms with van der Waals surface area (Å²) in [5, 5.41) is 14.1. The van der Waals surface area contributed by atoms with Crippen molar-refractivity contribution in [3.8, 4) is 0 Å².